The highest BCUT2D eigenvalue weighted by molar-refractivity contribution is 6.30. The predicted molar refractivity (Wildman–Crippen MR) is 128 cm³/mol. The fraction of sp³-hybridized carbons (Fsp3) is 0.417. The summed E-state index contributed by atoms with van der Waals surface area (Å²) in [5.41, 5.74) is 2.69. The zero-order valence-corrected chi connectivity index (χ0v) is 19.9. The Hall–Kier alpha value is -3.24. The second-order valence-electron chi connectivity index (χ2n) is 8.88. The van der Waals surface area contributed by atoms with Crippen LogP contribution in [0.2, 0.25) is 5.02 Å². The van der Waals surface area contributed by atoms with Gasteiger partial charge in [0, 0.05) is 50.9 Å². The molecule has 11 heteroatoms. The van der Waals surface area contributed by atoms with Crippen molar-refractivity contribution in [1.82, 2.24) is 30.1 Å². The lowest BCUT2D eigenvalue weighted by Gasteiger charge is -2.42. The Labute approximate surface area is 206 Å². The SMILES string of the molecule is O=C(OCc1ccc(F)c(Cl)c1)N1CCC(N2CCN(C(=O)c3ccc4n[nH]nc4c3)CC2)CC1. The summed E-state index contributed by atoms with van der Waals surface area (Å²) in [4.78, 5) is 31.4. The van der Waals surface area contributed by atoms with Crippen molar-refractivity contribution in [3.63, 3.8) is 0 Å². The lowest BCUT2D eigenvalue weighted by Crippen LogP contribution is -2.54. The number of aromatic amines is 1. The van der Waals surface area contributed by atoms with Gasteiger partial charge in [-0.15, -0.1) is 0 Å². The maximum absolute atomic E-state index is 13.3. The van der Waals surface area contributed by atoms with Gasteiger partial charge in [0.05, 0.1) is 5.02 Å². The number of ether oxygens (including phenoxy) is 1. The van der Waals surface area contributed by atoms with Crippen LogP contribution in [0, 0.1) is 5.82 Å². The van der Waals surface area contributed by atoms with Crippen LogP contribution >= 0.6 is 11.6 Å². The van der Waals surface area contributed by atoms with Gasteiger partial charge in [-0.25, -0.2) is 9.18 Å². The third-order valence-electron chi connectivity index (χ3n) is 6.75. The van der Waals surface area contributed by atoms with Crippen molar-refractivity contribution in [3.8, 4) is 0 Å². The van der Waals surface area contributed by atoms with Crippen molar-refractivity contribution >= 4 is 34.6 Å². The molecule has 2 saturated heterocycles. The Bertz CT molecular complexity index is 1220. The van der Waals surface area contributed by atoms with Gasteiger partial charge in [-0.3, -0.25) is 9.69 Å². The van der Waals surface area contributed by atoms with E-state index in [9.17, 15) is 14.0 Å². The van der Waals surface area contributed by atoms with Crippen molar-refractivity contribution < 1.29 is 18.7 Å². The number of amides is 2. The molecule has 35 heavy (non-hydrogen) atoms. The average Bonchev–Trinajstić information content (AvgIpc) is 3.37. The highest BCUT2D eigenvalue weighted by atomic mass is 35.5. The maximum Gasteiger partial charge on any atom is 0.410 e. The van der Waals surface area contributed by atoms with Gasteiger partial charge in [0.25, 0.3) is 5.91 Å². The van der Waals surface area contributed by atoms with Gasteiger partial charge in [-0.2, -0.15) is 15.4 Å². The molecule has 0 radical (unpaired) electrons. The zero-order chi connectivity index (χ0) is 24.4. The van der Waals surface area contributed by atoms with Crippen LogP contribution in [-0.2, 0) is 11.3 Å². The number of benzene rings is 2. The molecule has 3 heterocycles. The van der Waals surface area contributed by atoms with Crippen LogP contribution in [0.4, 0.5) is 9.18 Å². The molecule has 0 spiro atoms. The van der Waals surface area contributed by atoms with E-state index in [1.165, 1.54) is 12.1 Å². The molecule has 9 nitrogen and oxygen atoms in total. The number of hydrogen-bond donors (Lipinski definition) is 1. The van der Waals surface area contributed by atoms with Gasteiger partial charge in [-0.1, -0.05) is 17.7 Å². The summed E-state index contributed by atoms with van der Waals surface area (Å²) in [6, 6.07) is 10.0. The molecule has 2 aliphatic heterocycles. The number of hydrogen-bond acceptors (Lipinski definition) is 6. The highest BCUT2D eigenvalue weighted by Gasteiger charge is 2.31. The summed E-state index contributed by atoms with van der Waals surface area (Å²) in [5.74, 6) is -0.489. The van der Waals surface area contributed by atoms with Crippen LogP contribution in [0.15, 0.2) is 36.4 Å². The van der Waals surface area contributed by atoms with E-state index in [1.807, 2.05) is 4.90 Å². The van der Waals surface area contributed by atoms with E-state index in [0.717, 1.165) is 31.4 Å². The minimum atomic E-state index is -0.498. The molecule has 0 atom stereocenters. The third-order valence-corrected chi connectivity index (χ3v) is 7.04. The number of nitrogens with zero attached hydrogens (tertiary/aromatic N) is 5. The van der Waals surface area contributed by atoms with Crippen LogP contribution in [0.1, 0.15) is 28.8 Å². The highest BCUT2D eigenvalue weighted by Crippen LogP contribution is 2.21. The monoisotopic (exact) mass is 500 g/mol. The predicted octanol–water partition coefficient (Wildman–Crippen LogP) is 3.31. The number of H-pyrrole nitrogens is 1. The molecule has 2 amide bonds. The Kier molecular flexibility index (Phi) is 6.83. The van der Waals surface area contributed by atoms with Gasteiger partial charge < -0.3 is 14.5 Å². The number of rotatable bonds is 4. The van der Waals surface area contributed by atoms with Crippen molar-refractivity contribution in [3.05, 3.63) is 58.4 Å². The van der Waals surface area contributed by atoms with Crippen LogP contribution in [0.3, 0.4) is 0 Å². The lowest BCUT2D eigenvalue weighted by atomic mass is 10.0. The Morgan fingerprint density at radius 3 is 2.46 bits per heavy atom. The number of piperazine rings is 1. The van der Waals surface area contributed by atoms with E-state index in [0.29, 0.717) is 48.9 Å². The molecular formula is C24H26ClFN6O3. The number of carbonyl (C=O) groups is 2. The first-order valence-electron chi connectivity index (χ1n) is 11.7. The summed E-state index contributed by atoms with van der Waals surface area (Å²) in [5, 5.41) is 10.7. The lowest BCUT2D eigenvalue weighted by molar-refractivity contribution is 0.0401. The maximum atomic E-state index is 13.3. The number of fused-ring (bicyclic) bond motifs is 1. The summed E-state index contributed by atoms with van der Waals surface area (Å²) >= 11 is 5.78. The molecule has 0 saturated carbocycles. The molecule has 184 valence electrons. The van der Waals surface area contributed by atoms with Crippen molar-refractivity contribution in [1.29, 1.82) is 0 Å². The number of halogens is 2. The van der Waals surface area contributed by atoms with Gasteiger partial charge >= 0.3 is 6.09 Å². The standard InChI is InChI=1S/C24H26ClFN6O3/c25-19-13-16(1-3-20(19)26)15-35-24(34)32-7-5-18(6-8-32)30-9-11-31(12-10-30)23(33)17-2-4-21-22(14-17)28-29-27-21/h1-4,13-14,18H,5-12,15H2,(H,27,28,29). The Balaban J connectivity index is 1.07. The van der Waals surface area contributed by atoms with E-state index in [4.69, 9.17) is 16.3 Å². The fourth-order valence-corrected chi connectivity index (χ4v) is 4.93. The summed E-state index contributed by atoms with van der Waals surface area (Å²) < 4.78 is 18.7. The zero-order valence-electron chi connectivity index (χ0n) is 19.1. The van der Waals surface area contributed by atoms with E-state index in [-0.39, 0.29) is 23.6 Å². The molecule has 2 aliphatic rings. The number of carbonyl (C=O) groups excluding carboxylic acids is 2. The molecule has 2 fully saturated rings. The summed E-state index contributed by atoms with van der Waals surface area (Å²) in [6.07, 6.45) is 1.34. The largest absolute Gasteiger partial charge is 0.445 e. The van der Waals surface area contributed by atoms with Crippen LogP contribution < -0.4 is 0 Å². The Morgan fingerprint density at radius 1 is 0.971 bits per heavy atom. The molecule has 0 aliphatic carbocycles. The average molecular weight is 501 g/mol. The molecular weight excluding hydrogens is 475 g/mol. The molecule has 1 aromatic heterocycles. The van der Waals surface area contributed by atoms with E-state index >= 15 is 0 Å². The Morgan fingerprint density at radius 2 is 1.71 bits per heavy atom. The van der Waals surface area contributed by atoms with Crippen molar-refractivity contribution in [2.75, 3.05) is 39.3 Å². The molecule has 5 rings (SSSR count). The van der Waals surface area contributed by atoms with Crippen LogP contribution in [-0.4, -0.2) is 87.4 Å². The first kappa shape index (κ1) is 23.5. The molecule has 1 N–H and O–H groups in total. The smallest absolute Gasteiger partial charge is 0.410 e. The van der Waals surface area contributed by atoms with E-state index in [2.05, 4.69) is 20.3 Å². The second-order valence-corrected chi connectivity index (χ2v) is 9.28. The molecule has 0 unspecified atom stereocenters. The van der Waals surface area contributed by atoms with Crippen LogP contribution in [0.5, 0.6) is 0 Å². The third kappa shape index (κ3) is 5.23. The summed E-state index contributed by atoms with van der Waals surface area (Å²) in [6.45, 7) is 4.22. The van der Waals surface area contributed by atoms with E-state index < -0.39 is 5.82 Å². The van der Waals surface area contributed by atoms with Crippen molar-refractivity contribution in [2.45, 2.75) is 25.5 Å². The quantitative estimate of drug-likeness (QED) is 0.590. The fourth-order valence-electron chi connectivity index (χ4n) is 4.73. The number of likely N-dealkylation sites (tertiary alicyclic amines) is 1. The van der Waals surface area contributed by atoms with Crippen molar-refractivity contribution in [2.24, 2.45) is 0 Å². The van der Waals surface area contributed by atoms with Crippen LogP contribution in [0.25, 0.3) is 11.0 Å². The number of piperidine rings is 1. The van der Waals surface area contributed by atoms with E-state index in [1.54, 1.807) is 29.2 Å². The minimum Gasteiger partial charge on any atom is -0.445 e. The number of nitrogens with one attached hydrogen (secondary N) is 1. The molecule has 2 aromatic carbocycles. The van der Waals surface area contributed by atoms with Gasteiger partial charge in [-0.05, 0) is 48.7 Å². The summed E-state index contributed by atoms with van der Waals surface area (Å²) in [7, 11) is 0. The first-order chi connectivity index (χ1) is 17.0. The molecule has 3 aromatic rings. The van der Waals surface area contributed by atoms with Gasteiger partial charge in [0.1, 0.15) is 23.5 Å². The topological polar surface area (TPSA) is 94.7 Å². The van der Waals surface area contributed by atoms with Gasteiger partial charge in [0.2, 0.25) is 0 Å². The first-order valence-corrected chi connectivity index (χ1v) is 12.1. The van der Waals surface area contributed by atoms with Gasteiger partial charge in [0.15, 0.2) is 0 Å². The minimum absolute atomic E-state index is 0.00885. The number of aromatic nitrogens is 3. The normalized spacial score (nSPS) is 17.7. The second kappa shape index (κ2) is 10.2. The molecule has 0 bridgehead atoms.